The van der Waals surface area contributed by atoms with Gasteiger partial charge in [0.2, 0.25) is 0 Å². The van der Waals surface area contributed by atoms with Gasteiger partial charge in [0.15, 0.2) is 6.10 Å². The molecule has 0 radical (unpaired) electrons. The van der Waals surface area contributed by atoms with E-state index in [9.17, 15) is 4.79 Å². The average molecular weight is 315 g/mol. The van der Waals surface area contributed by atoms with Gasteiger partial charge in [-0.1, -0.05) is 12.1 Å². The number of amides is 1. The van der Waals surface area contributed by atoms with E-state index in [0.29, 0.717) is 29.8 Å². The Balaban J connectivity index is 1.81. The van der Waals surface area contributed by atoms with Crippen LogP contribution in [0.3, 0.4) is 0 Å². The maximum Gasteiger partial charge on any atom is 0.260 e. The van der Waals surface area contributed by atoms with Crippen molar-refractivity contribution in [2.45, 2.75) is 39.3 Å². The van der Waals surface area contributed by atoms with Crippen LogP contribution in [0, 0.1) is 17.2 Å². The summed E-state index contributed by atoms with van der Waals surface area (Å²) in [6.45, 7) is 8.91. The number of hydrogen-bond donors (Lipinski definition) is 1. The SMILES string of the molecule is CC(C)N1CC[C@@H](CNC(=O)[C@@H](C)Oc2ccccc2C#N)C1. The number of likely N-dealkylation sites (tertiary alicyclic amines) is 1. The Kier molecular flexibility index (Phi) is 6.00. The van der Waals surface area contributed by atoms with Crippen molar-refractivity contribution in [2.24, 2.45) is 5.92 Å². The summed E-state index contributed by atoms with van der Waals surface area (Å²) in [4.78, 5) is 14.6. The van der Waals surface area contributed by atoms with Crippen molar-refractivity contribution in [3.05, 3.63) is 29.8 Å². The zero-order valence-electron chi connectivity index (χ0n) is 14.1. The molecule has 0 spiro atoms. The monoisotopic (exact) mass is 315 g/mol. The first-order valence-electron chi connectivity index (χ1n) is 8.18. The van der Waals surface area contributed by atoms with E-state index in [2.05, 4.69) is 30.1 Å². The molecule has 2 atom stereocenters. The summed E-state index contributed by atoms with van der Waals surface area (Å²) >= 11 is 0. The average Bonchev–Trinajstić information content (AvgIpc) is 3.02. The topological polar surface area (TPSA) is 65.4 Å². The number of nitriles is 1. The van der Waals surface area contributed by atoms with E-state index < -0.39 is 6.10 Å². The Bertz CT molecular complexity index is 580. The van der Waals surface area contributed by atoms with E-state index in [1.807, 2.05) is 0 Å². The van der Waals surface area contributed by atoms with Crippen molar-refractivity contribution < 1.29 is 9.53 Å². The molecule has 124 valence electrons. The summed E-state index contributed by atoms with van der Waals surface area (Å²) in [5, 5.41) is 12.0. The molecule has 1 heterocycles. The number of carbonyl (C=O) groups excluding carboxylic acids is 1. The number of carbonyl (C=O) groups is 1. The fraction of sp³-hybridized carbons (Fsp3) is 0.556. The summed E-state index contributed by atoms with van der Waals surface area (Å²) in [5.41, 5.74) is 0.440. The van der Waals surface area contributed by atoms with Crippen LogP contribution in [0.1, 0.15) is 32.8 Å². The molecule has 0 aliphatic carbocycles. The zero-order chi connectivity index (χ0) is 16.8. The highest BCUT2D eigenvalue weighted by Gasteiger charge is 2.25. The number of para-hydroxylation sites is 1. The number of ether oxygens (including phenoxy) is 1. The van der Waals surface area contributed by atoms with Crippen LogP contribution in [0.2, 0.25) is 0 Å². The Morgan fingerprint density at radius 3 is 2.83 bits per heavy atom. The van der Waals surface area contributed by atoms with Crippen molar-refractivity contribution in [1.82, 2.24) is 10.2 Å². The third-order valence-corrected chi connectivity index (χ3v) is 4.29. The van der Waals surface area contributed by atoms with Crippen molar-refractivity contribution in [3.8, 4) is 11.8 Å². The van der Waals surface area contributed by atoms with Crippen molar-refractivity contribution in [2.75, 3.05) is 19.6 Å². The zero-order valence-corrected chi connectivity index (χ0v) is 14.1. The van der Waals surface area contributed by atoms with Crippen molar-refractivity contribution in [1.29, 1.82) is 5.26 Å². The number of rotatable bonds is 6. The van der Waals surface area contributed by atoms with Crippen LogP contribution in [0.15, 0.2) is 24.3 Å². The van der Waals surface area contributed by atoms with Gasteiger partial charge in [-0.3, -0.25) is 4.79 Å². The highest BCUT2D eigenvalue weighted by atomic mass is 16.5. The molecule has 1 aliphatic heterocycles. The maximum absolute atomic E-state index is 12.2. The summed E-state index contributed by atoms with van der Waals surface area (Å²) in [5.74, 6) is 0.810. The van der Waals surface area contributed by atoms with Gasteiger partial charge in [0, 0.05) is 19.1 Å². The van der Waals surface area contributed by atoms with Crippen molar-refractivity contribution in [3.63, 3.8) is 0 Å². The molecule has 1 saturated heterocycles. The normalized spacial score (nSPS) is 19.3. The highest BCUT2D eigenvalue weighted by molar-refractivity contribution is 5.80. The molecule has 0 aromatic heterocycles. The molecule has 5 nitrogen and oxygen atoms in total. The molecule has 1 aromatic rings. The van der Waals surface area contributed by atoms with E-state index in [-0.39, 0.29) is 5.91 Å². The molecule has 5 heteroatoms. The van der Waals surface area contributed by atoms with E-state index in [1.54, 1.807) is 31.2 Å². The second-order valence-electron chi connectivity index (χ2n) is 6.36. The molecule has 23 heavy (non-hydrogen) atoms. The van der Waals surface area contributed by atoms with Gasteiger partial charge in [0.25, 0.3) is 5.91 Å². The molecule has 1 N–H and O–H groups in total. The molecule has 0 bridgehead atoms. The lowest BCUT2D eigenvalue weighted by Gasteiger charge is -2.21. The number of hydrogen-bond acceptors (Lipinski definition) is 4. The summed E-state index contributed by atoms with van der Waals surface area (Å²) in [7, 11) is 0. The van der Waals surface area contributed by atoms with Crippen LogP contribution < -0.4 is 10.1 Å². The second kappa shape index (κ2) is 7.98. The molecule has 1 amide bonds. The Morgan fingerprint density at radius 2 is 2.17 bits per heavy atom. The standard InChI is InChI=1S/C18H25N3O2/c1-13(2)21-9-8-15(12-21)11-20-18(22)14(3)23-17-7-5-4-6-16(17)10-19/h4-7,13-15H,8-9,11-12H2,1-3H3,(H,20,22)/t14-,15+/m1/s1. The van der Waals surface area contributed by atoms with Gasteiger partial charge in [0.1, 0.15) is 11.8 Å². The highest BCUT2D eigenvalue weighted by Crippen LogP contribution is 2.19. The number of nitrogens with zero attached hydrogens (tertiary/aromatic N) is 2. The smallest absolute Gasteiger partial charge is 0.260 e. The quantitative estimate of drug-likeness (QED) is 0.874. The molecular formula is C18H25N3O2. The maximum atomic E-state index is 12.2. The van der Waals surface area contributed by atoms with E-state index in [1.165, 1.54) is 0 Å². The molecule has 2 rings (SSSR count). The Hall–Kier alpha value is -2.06. The third kappa shape index (κ3) is 4.70. The van der Waals surface area contributed by atoms with Crippen LogP contribution >= 0.6 is 0 Å². The molecule has 0 saturated carbocycles. The first kappa shape index (κ1) is 17.3. The minimum absolute atomic E-state index is 0.138. The van der Waals surface area contributed by atoms with Crippen LogP contribution in [0.5, 0.6) is 5.75 Å². The summed E-state index contributed by atoms with van der Waals surface area (Å²) < 4.78 is 5.63. The summed E-state index contributed by atoms with van der Waals surface area (Å²) in [6.07, 6.45) is 0.498. The fourth-order valence-corrected chi connectivity index (χ4v) is 2.79. The lowest BCUT2D eigenvalue weighted by Crippen LogP contribution is -2.39. The molecule has 1 fully saturated rings. The van der Waals surface area contributed by atoms with Gasteiger partial charge in [-0.15, -0.1) is 0 Å². The van der Waals surface area contributed by atoms with Gasteiger partial charge in [-0.05, 0) is 51.8 Å². The van der Waals surface area contributed by atoms with Gasteiger partial charge < -0.3 is 15.0 Å². The van der Waals surface area contributed by atoms with E-state index >= 15 is 0 Å². The van der Waals surface area contributed by atoms with Crippen LogP contribution in [0.4, 0.5) is 0 Å². The molecular weight excluding hydrogens is 290 g/mol. The molecule has 1 aromatic carbocycles. The second-order valence-corrected chi connectivity index (χ2v) is 6.36. The minimum Gasteiger partial charge on any atom is -0.480 e. The van der Waals surface area contributed by atoms with Gasteiger partial charge >= 0.3 is 0 Å². The summed E-state index contributed by atoms with van der Waals surface area (Å²) in [6, 6.07) is 9.58. The van der Waals surface area contributed by atoms with Crippen LogP contribution in [-0.2, 0) is 4.79 Å². The minimum atomic E-state index is -0.618. The predicted molar refractivity (Wildman–Crippen MR) is 89.1 cm³/mol. The van der Waals surface area contributed by atoms with Gasteiger partial charge in [-0.25, -0.2) is 0 Å². The lowest BCUT2D eigenvalue weighted by molar-refractivity contribution is -0.127. The van der Waals surface area contributed by atoms with E-state index in [0.717, 1.165) is 19.5 Å². The van der Waals surface area contributed by atoms with Crippen LogP contribution in [0.25, 0.3) is 0 Å². The van der Waals surface area contributed by atoms with Crippen molar-refractivity contribution >= 4 is 5.91 Å². The number of nitrogens with one attached hydrogen (secondary N) is 1. The Morgan fingerprint density at radius 1 is 1.43 bits per heavy atom. The van der Waals surface area contributed by atoms with Gasteiger partial charge in [-0.2, -0.15) is 5.26 Å². The first-order valence-corrected chi connectivity index (χ1v) is 8.18. The first-order chi connectivity index (χ1) is 11.0. The third-order valence-electron chi connectivity index (χ3n) is 4.29. The molecule has 1 aliphatic rings. The molecule has 0 unspecified atom stereocenters. The number of benzene rings is 1. The Labute approximate surface area is 138 Å². The lowest BCUT2D eigenvalue weighted by atomic mass is 10.1. The largest absolute Gasteiger partial charge is 0.480 e. The van der Waals surface area contributed by atoms with E-state index in [4.69, 9.17) is 10.00 Å². The van der Waals surface area contributed by atoms with Gasteiger partial charge in [0.05, 0.1) is 5.56 Å². The van der Waals surface area contributed by atoms with Crippen LogP contribution in [-0.4, -0.2) is 42.6 Å². The fourth-order valence-electron chi connectivity index (χ4n) is 2.79. The predicted octanol–water partition coefficient (Wildman–Crippen LogP) is 2.17.